The van der Waals surface area contributed by atoms with Gasteiger partial charge in [-0.15, -0.1) is 0 Å². The fourth-order valence-electron chi connectivity index (χ4n) is 3.97. The van der Waals surface area contributed by atoms with Gasteiger partial charge in [0.25, 0.3) is 10.0 Å². The van der Waals surface area contributed by atoms with E-state index in [1.807, 2.05) is 12.1 Å². The monoisotopic (exact) mass is 453 g/mol. The maximum absolute atomic E-state index is 13.1. The van der Waals surface area contributed by atoms with Crippen LogP contribution >= 0.6 is 0 Å². The summed E-state index contributed by atoms with van der Waals surface area (Å²) in [7, 11) is -2.29. The second kappa shape index (κ2) is 9.13. The average Bonchev–Trinajstić information content (AvgIpc) is 2.79. The van der Waals surface area contributed by atoms with Gasteiger partial charge in [-0.05, 0) is 44.2 Å². The predicted molar refractivity (Wildman–Crippen MR) is 126 cm³/mol. The average molecular weight is 454 g/mol. The number of nitrogens with one attached hydrogen (secondary N) is 2. The molecule has 2 unspecified atom stereocenters. The van der Waals surface area contributed by atoms with Crippen LogP contribution in [-0.4, -0.2) is 50.7 Å². The second-order valence-corrected chi connectivity index (χ2v) is 9.66. The molecule has 2 N–H and O–H groups in total. The Hall–Kier alpha value is -3.17. The SMILES string of the molecule is COc1ccc(N2CC(C)NC(C)C2)cc1NS(=O)(=O)c1ccc(-c2cnccn2)cc1. The number of rotatable bonds is 6. The Morgan fingerprint density at radius 3 is 2.41 bits per heavy atom. The number of piperazine rings is 1. The maximum Gasteiger partial charge on any atom is 0.262 e. The molecule has 3 aromatic rings. The lowest BCUT2D eigenvalue weighted by Gasteiger charge is -2.38. The van der Waals surface area contributed by atoms with Crippen molar-refractivity contribution in [3.05, 3.63) is 61.1 Å². The summed E-state index contributed by atoms with van der Waals surface area (Å²) in [4.78, 5) is 10.7. The van der Waals surface area contributed by atoms with E-state index < -0.39 is 10.0 Å². The van der Waals surface area contributed by atoms with Crippen LogP contribution in [0.5, 0.6) is 5.75 Å². The van der Waals surface area contributed by atoms with Gasteiger partial charge in [-0.1, -0.05) is 12.1 Å². The Bertz CT molecular complexity index is 1160. The molecular weight excluding hydrogens is 426 g/mol. The molecule has 0 aliphatic carbocycles. The number of nitrogens with zero attached hydrogens (tertiary/aromatic N) is 3. The number of hydrogen-bond donors (Lipinski definition) is 2. The number of methoxy groups -OCH3 is 1. The zero-order chi connectivity index (χ0) is 22.7. The third-order valence-electron chi connectivity index (χ3n) is 5.37. The molecule has 9 heteroatoms. The summed E-state index contributed by atoms with van der Waals surface area (Å²) in [6.45, 7) is 5.96. The third-order valence-corrected chi connectivity index (χ3v) is 6.76. The van der Waals surface area contributed by atoms with Crippen LogP contribution in [0.4, 0.5) is 11.4 Å². The molecule has 1 saturated heterocycles. The molecule has 2 aromatic carbocycles. The first-order valence-electron chi connectivity index (χ1n) is 10.4. The van der Waals surface area contributed by atoms with Crippen molar-refractivity contribution in [3.63, 3.8) is 0 Å². The third kappa shape index (κ3) is 4.84. The Kier molecular flexibility index (Phi) is 6.29. The van der Waals surface area contributed by atoms with Crippen molar-refractivity contribution >= 4 is 21.4 Å². The molecule has 1 aliphatic heterocycles. The first-order chi connectivity index (χ1) is 15.4. The van der Waals surface area contributed by atoms with Crippen molar-refractivity contribution in [1.29, 1.82) is 0 Å². The van der Waals surface area contributed by atoms with Gasteiger partial charge in [-0.25, -0.2) is 8.42 Å². The Morgan fingerprint density at radius 2 is 1.78 bits per heavy atom. The lowest BCUT2D eigenvalue weighted by atomic mass is 10.1. The molecule has 1 aromatic heterocycles. The molecule has 1 fully saturated rings. The number of anilines is 2. The van der Waals surface area contributed by atoms with Crippen molar-refractivity contribution in [3.8, 4) is 17.0 Å². The molecule has 4 rings (SSSR count). The first-order valence-corrected chi connectivity index (χ1v) is 11.9. The molecule has 8 nitrogen and oxygen atoms in total. The van der Waals surface area contributed by atoms with E-state index in [0.29, 0.717) is 29.2 Å². The highest BCUT2D eigenvalue weighted by Crippen LogP contribution is 2.32. The lowest BCUT2D eigenvalue weighted by Crippen LogP contribution is -2.54. The minimum absolute atomic E-state index is 0.155. The van der Waals surface area contributed by atoms with Crippen LogP contribution in [0.15, 0.2) is 66.0 Å². The molecule has 1 aliphatic rings. The summed E-state index contributed by atoms with van der Waals surface area (Å²) >= 11 is 0. The van der Waals surface area contributed by atoms with Crippen molar-refractivity contribution in [2.75, 3.05) is 29.8 Å². The van der Waals surface area contributed by atoms with E-state index in [9.17, 15) is 8.42 Å². The van der Waals surface area contributed by atoms with Crippen LogP contribution < -0.4 is 19.7 Å². The van der Waals surface area contributed by atoms with Crippen LogP contribution in [0, 0.1) is 0 Å². The van der Waals surface area contributed by atoms with Gasteiger partial charge in [0.15, 0.2) is 0 Å². The topological polar surface area (TPSA) is 96.5 Å². The highest BCUT2D eigenvalue weighted by molar-refractivity contribution is 7.92. The van der Waals surface area contributed by atoms with Crippen LogP contribution in [0.2, 0.25) is 0 Å². The zero-order valence-corrected chi connectivity index (χ0v) is 19.1. The normalized spacial score (nSPS) is 18.9. The van der Waals surface area contributed by atoms with Gasteiger partial charge in [0.05, 0.1) is 29.6 Å². The van der Waals surface area contributed by atoms with Crippen molar-refractivity contribution in [2.45, 2.75) is 30.8 Å². The number of ether oxygens (including phenoxy) is 1. The van der Waals surface area contributed by atoms with Crippen molar-refractivity contribution in [2.24, 2.45) is 0 Å². The molecule has 2 heterocycles. The standard InChI is InChI=1S/C23H27N5O3S/c1-16-14-28(15-17(2)26-16)19-6-9-23(31-3)21(12-19)27-32(29,30)20-7-4-18(5-8-20)22-13-24-10-11-25-22/h4-13,16-17,26-27H,14-15H2,1-3H3. The van der Waals surface area contributed by atoms with Crippen LogP contribution in [0.3, 0.4) is 0 Å². The molecule has 0 radical (unpaired) electrons. The fraction of sp³-hybridized carbons (Fsp3) is 0.304. The van der Waals surface area contributed by atoms with Gasteiger partial charge in [-0.3, -0.25) is 14.7 Å². The Labute approximate surface area is 188 Å². The maximum atomic E-state index is 13.1. The number of hydrogen-bond acceptors (Lipinski definition) is 7. The van der Waals surface area contributed by atoms with Gasteiger partial charge in [0, 0.05) is 48.8 Å². The van der Waals surface area contributed by atoms with Crippen LogP contribution in [0.1, 0.15) is 13.8 Å². The van der Waals surface area contributed by atoms with E-state index >= 15 is 0 Å². The Balaban J connectivity index is 1.59. The highest BCUT2D eigenvalue weighted by atomic mass is 32.2. The van der Waals surface area contributed by atoms with E-state index in [2.05, 4.69) is 38.8 Å². The minimum Gasteiger partial charge on any atom is -0.495 e. The van der Waals surface area contributed by atoms with E-state index in [0.717, 1.165) is 24.3 Å². The summed E-state index contributed by atoms with van der Waals surface area (Å²) in [5, 5.41) is 3.51. The summed E-state index contributed by atoms with van der Waals surface area (Å²) in [6.07, 6.45) is 4.83. The van der Waals surface area contributed by atoms with Gasteiger partial charge in [0.2, 0.25) is 0 Å². The fourth-order valence-corrected chi connectivity index (χ4v) is 5.03. The molecule has 0 saturated carbocycles. The van der Waals surface area contributed by atoms with Crippen molar-refractivity contribution in [1.82, 2.24) is 15.3 Å². The molecule has 0 bridgehead atoms. The summed E-state index contributed by atoms with van der Waals surface area (Å²) in [5.74, 6) is 0.463. The quantitative estimate of drug-likeness (QED) is 0.592. The van der Waals surface area contributed by atoms with E-state index in [1.165, 1.54) is 7.11 Å². The minimum atomic E-state index is -3.81. The molecular formula is C23H27N5O3S. The van der Waals surface area contributed by atoms with E-state index in [-0.39, 0.29) is 4.90 Å². The molecule has 168 valence electrons. The molecule has 32 heavy (non-hydrogen) atoms. The molecule has 0 spiro atoms. The lowest BCUT2D eigenvalue weighted by molar-refractivity contribution is 0.406. The number of sulfonamides is 1. The second-order valence-electron chi connectivity index (χ2n) is 7.98. The summed E-state index contributed by atoms with van der Waals surface area (Å²) in [6, 6.07) is 12.8. The zero-order valence-electron chi connectivity index (χ0n) is 18.3. The van der Waals surface area contributed by atoms with Gasteiger partial charge in [-0.2, -0.15) is 0 Å². The largest absolute Gasteiger partial charge is 0.495 e. The van der Waals surface area contributed by atoms with E-state index in [4.69, 9.17) is 4.74 Å². The van der Waals surface area contributed by atoms with E-state index in [1.54, 1.807) is 48.9 Å². The smallest absolute Gasteiger partial charge is 0.262 e. The van der Waals surface area contributed by atoms with Gasteiger partial charge >= 0.3 is 0 Å². The predicted octanol–water partition coefficient (Wildman–Crippen LogP) is 3.14. The van der Waals surface area contributed by atoms with Gasteiger partial charge in [0.1, 0.15) is 5.75 Å². The van der Waals surface area contributed by atoms with Crippen molar-refractivity contribution < 1.29 is 13.2 Å². The van der Waals surface area contributed by atoms with Crippen LogP contribution in [0.25, 0.3) is 11.3 Å². The molecule has 0 amide bonds. The van der Waals surface area contributed by atoms with Gasteiger partial charge < -0.3 is 15.0 Å². The van der Waals surface area contributed by atoms with Crippen LogP contribution in [-0.2, 0) is 10.0 Å². The highest BCUT2D eigenvalue weighted by Gasteiger charge is 2.23. The number of aromatic nitrogens is 2. The summed E-state index contributed by atoms with van der Waals surface area (Å²) < 4.78 is 34.3. The molecule has 2 atom stereocenters. The first kappa shape index (κ1) is 22.0. The number of benzene rings is 2. The summed E-state index contributed by atoms with van der Waals surface area (Å²) in [5.41, 5.74) is 2.82. The Morgan fingerprint density at radius 1 is 1.06 bits per heavy atom.